The Morgan fingerprint density at radius 1 is 1.47 bits per heavy atom. The Morgan fingerprint density at radius 2 is 2.13 bits per heavy atom. The van der Waals surface area contributed by atoms with Crippen LogP contribution in [-0.4, -0.2) is 36.6 Å². The van der Waals surface area contributed by atoms with Crippen LogP contribution in [0.2, 0.25) is 0 Å². The molecule has 2 atom stereocenters. The minimum Gasteiger partial charge on any atom is -0.306 e. The van der Waals surface area contributed by atoms with Gasteiger partial charge < -0.3 is 4.90 Å². The van der Waals surface area contributed by atoms with Gasteiger partial charge in [0.1, 0.15) is 5.54 Å². The molecule has 0 heterocycles. The summed E-state index contributed by atoms with van der Waals surface area (Å²) in [5.41, 5.74) is -0.290. The molecular weight excluding hydrogens is 186 g/mol. The van der Waals surface area contributed by atoms with Crippen LogP contribution >= 0.6 is 0 Å². The third-order valence-corrected chi connectivity index (χ3v) is 3.23. The van der Waals surface area contributed by atoms with Gasteiger partial charge >= 0.3 is 0 Å². The van der Waals surface area contributed by atoms with Crippen LogP contribution in [0.1, 0.15) is 39.5 Å². The first-order chi connectivity index (χ1) is 6.99. The van der Waals surface area contributed by atoms with E-state index in [9.17, 15) is 5.26 Å². The summed E-state index contributed by atoms with van der Waals surface area (Å²) in [6.45, 7) is 4.22. The molecular formula is C12H23N3. The molecule has 0 amide bonds. The van der Waals surface area contributed by atoms with Crippen molar-refractivity contribution in [2.75, 3.05) is 14.1 Å². The normalized spacial score (nSPS) is 31.9. The van der Waals surface area contributed by atoms with Gasteiger partial charge in [0.25, 0.3) is 0 Å². The molecule has 1 N–H and O–H groups in total. The molecule has 0 aromatic rings. The summed E-state index contributed by atoms with van der Waals surface area (Å²) in [5.74, 6) is 0. The summed E-state index contributed by atoms with van der Waals surface area (Å²) >= 11 is 0. The Bertz CT molecular complexity index is 242. The van der Waals surface area contributed by atoms with Crippen molar-refractivity contribution >= 4 is 0 Å². The number of hydrogen-bond donors (Lipinski definition) is 1. The fourth-order valence-corrected chi connectivity index (χ4v) is 2.50. The van der Waals surface area contributed by atoms with Gasteiger partial charge in [-0.15, -0.1) is 0 Å². The summed E-state index contributed by atoms with van der Waals surface area (Å²) in [6, 6.07) is 3.42. The number of nitriles is 1. The maximum absolute atomic E-state index is 9.36. The SMILES string of the molecule is CC(C)NC1(C#N)CCCC(N(C)C)C1. The molecule has 0 radical (unpaired) electrons. The third-order valence-electron chi connectivity index (χ3n) is 3.23. The molecule has 1 fully saturated rings. The first-order valence-corrected chi connectivity index (χ1v) is 5.84. The zero-order valence-corrected chi connectivity index (χ0v) is 10.4. The molecule has 0 aromatic carbocycles. The monoisotopic (exact) mass is 209 g/mol. The molecule has 0 aliphatic heterocycles. The highest BCUT2D eigenvalue weighted by molar-refractivity contribution is 5.11. The summed E-state index contributed by atoms with van der Waals surface area (Å²) in [4.78, 5) is 2.24. The van der Waals surface area contributed by atoms with Crippen LogP contribution in [0.25, 0.3) is 0 Å². The van der Waals surface area contributed by atoms with Gasteiger partial charge in [-0.3, -0.25) is 5.32 Å². The van der Waals surface area contributed by atoms with Crippen molar-refractivity contribution in [2.24, 2.45) is 0 Å². The van der Waals surface area contributed by atoms with Gasteiger partial charge in [0, 0.05) is 12.1 Å². The molecule has 3 nitrogen and oxygen atoms in total. The van der Waals surface area contributed by atoms with E-state index in [4.69, 9.17) is 0 Å². The average molecular weight is 209 g/mol. The standard InChI is InChI=1S/C12H23N3/c1-10(2)14-12(9-13)7-5-6-11(8-12)15(3)4/h10-11,14H,5-8H2,1-4H3. The zero-order valence-electron chi connectivity index (χ0n) is 10.4. The van der Waals surface area contributed by atoms with E-state index >= 15 is 0 Å². The predicted octanol–water partition coefficient (Wildman–Crippen LogP) is 1.75. The predicted molar refractivity (Wildman–Crippen MR) is 62.6 cm³/mol. The van der Waals surface area contributed by atoms with Crippen molar-refractivity contribution in [1.82, 2.24) is 10.2 Å². The smallest absolute Gasteiger partial charge is 0.108 e. The minimum atomic E-state index is -0.290. The molecule has 0 aromatic heterocycles. The quantitative estimate of drug-likeness (QED) is 0.769. The lowest BCUT2D eigenvalue weighted by atomic mass is 9.79. The molecule has 86 valence electrons. The molecule has 0 spiro atoms. The van der Waals surface area contributed by atoms with E-state index < -0.39 is 0 Å². The molecule has 3 heteroatoms. The van der Waals surface area contributed by atoms with E-state index in [2.05, 4.69) is 44.2 Å². The molecule has 0 bridgehead atoms. The van der Waals surface area contributed by atoms with Gasteiger partial charge in [-0.2, -0.15) is 5.26 Å². The lowest BCUT2D eigenvalue weighted by Crippen LogP contribution is -2.53. The lowest BCUT2D eigenvalue weighted by molar-refractivity contribution is 0.161. The second-order valence-electron chi connectivity index (χ2n) is 5.21. The van der Waals surface area contributed by atoms with E-state index in [1.807, 2.05) is 0 Å². The maximum atomic E-state index is 9.36. The average Bonchev–Trinajstić information content (AvgIpc) is 2.17. The Balaban J connectivity index is 2.69. The second-order valence-corrected chi connectivity index (χ2v) is 5.21. The Morgan fingerprint density at radius 3 is 2.60 bits per heavy atom. The molecule has 2 unspecified atom stereocenters. The lowest BCUT2D eigenvalue weighted by Gasteiger charge is -2.40. The minimum absolute atomic E-state index is 0.290. The topological polar surface area (TPSA) is 39.1 Å². The molecule has 0 saturated heterocycles. The highest BCUT2D eigenvalue weighted by Gasteiger charge is 2.37. The number of hydrogen-bond acceptors (Lipinski definition) is 3. The molecule has 1 aliphatic rings. The van der Waals surface area contributed by atoms with Gasteiger partial charge in [0.05, 0.1) is 6.07 Å². The van der Waals surface area contributed by atoms with E-state index in [0.29, 0.717) is 12.1 Å². The largest absolute Gasteiger partial charge is 0.306 e. The van der Waals surface area contributed by atoms with E-state index in [1.54, 1.807) is 0 Å². The number of nitrogens with zero attached hydrogens (tertiary/aromatic N) is 2. The van der Waals surface area contributed by atoms with Crippen molar-refractivity contribution < 1.29 is 0 Å². The van der Waals surface area contributed by atoms with Crippen molar-refractivity contribution in [1.29, 1.82) is 5.26 Å². The van der Waals surface area contributed by atoms with Gasteiger partial charge in [0.2, 0.25) is 0 Å². The Kier molecular flexibility index (Phi) is 4.12. The second kappa shape index (κ2) is 4.96. The van der Waals surface area contributed by atoms with Gasteiger partial charge in [0.15, 0.2) is 0 Å². The molecule has 1 rings (SSSR count). The highest BCUT2D eigenvalue weighted by Crippen LogP contribution is 2.30. The summed E-state index contributed by atoms with van der Waals surface area (Å²) < 4.78 is 0. The third kappa shape index (κ3) is 3.19. The van der Waals surface area contributed by atoms with Crippen molar-refractivity contribution in [2.45, 2.75) is 57.2 Å². The number of nitrogens with one attached hydrogen (secondary N) is 1. The van der Waals surface area contributed by atoms with Crippen LogP contribution in [0.15, 0.2) is 0 Å². The van der Waals surface area contributed by atoms with Crippen LogP contribution in [0.4, 0.5) is 0 Å². The molecule has 1 aliphatic carbocycles. The van der Waals surface area contributed by atoms with Gasteiger partial charge in [-0.1, -0.05) is 0 Å². The van der Waals surface area contributed by atoms with E-state index in [-0.39, 0.29) is 5.54 Å². The Labute approximate surface area is 93.5 Å². The number of rotatable bonds is 3. The van der Waals surface area contributed by atoms with Crippen LogP contribution in [-0.2, 0) is 0 Å². The first-order valence-electron chi connectivity index (χ1n) is 5.84. The van der Waals surface area contributed by atoms with Crippen molar-refractivity contribution in [3.63, 3.8) is 0 Å². The molecule has 1 saturated carbocycles. The van der Waals surface area contributed by atoms with Crippen LogP contribution < -0.4 is 5.32 Å². The van der Waals surface area contributed by atoms with E-state index in [0.717, 1.165) is 19.3 Å². The fourth-order valence-electron chi connectivity index (χ4n) is 2.50. The maximum Gasteiger partial charge on any atom is 0.108 e. The van der Waals surface area contributed by atoms with Gasteiger partial charge in [-0.25, -0.2) is 0 Å². The van der Waals surface area contributed by atoms with Crippen LogP contribution in [0.5, 0.6) is 0 Å². The highest BCUT2D eigenvalue weighted by atomic mass is 15.1. The fraction of sp³-hybridized carbons (Fsp3) is 0.917. The summed E-state index contributed by atoms with van der Waals surface area (Å²) in [5, 5.41) is 12.8. The zero-order chi connectivity index (χ0) is 11.5. The summed E-state index contributed by atoms with van der Waals surface area (Å²) in [6.07, 6.45) is 4.31. The van der Waals surface area contributed by atoms with Gasteiger partial charge in [-0.05, 0) is 53.6 Å². The van der Waals surface area contributed by atoms with Crippen LogP contribution in [0, 0.1) is 11.3 Å². The van der Waals surface area contributed by atoms with Crippen LogP contribution in [0.3, 0.4) is 0 Å². The first kappa shape index (κ1) is 12.5. The summed E-state index contributed by atoms with van der Waals surface area (Å²) in [7, 11) is 4.21. The van der Waals surface area contributed by atoms with E-state index in [1.165, 1.54) is 6.42 Å². The van der Waals surface area contributed by atoms with Crippen molar-refractivity contribution in [3.8, 4) is 6.07 Å². The molecule has 15 heavy (non-hydrogen) atoms. The van der Waals surface area contributed by atoms with Crippen molar-refractivity contribution in [3.05, 3.63) is 0 Å². The Hall–Kier alpha value is -0.590.